The second kappa shape index (κ2) is 8.93. The summed E-state index contributed by atoms with van der Waals surface area (Å²) in [5, 5.41) is -1.50. The Kier molecular flexibility index (Phi) is 6.86. The fraction of sp³-hybridized carbons (Fsp3) is 0.412. The summed E-state index contributed by atoms with van der Waals surface area (Å²) in [4.78, 5) is 48.8. The number of esters is 2. The van der Waals surface area contributed by atoms with Crippen molar-refractivity contribution in [2.24, 2.45) is 0 Å². The lowest BCUT2D eigenvalue weighted by Crippen LogP contribution is -2.46. The number of nitrogens with zero attached hydrogens (tertiary/aromatic N) is 1. The Hall–Kier alpha value is -2.79. The van der Waals surface area contributed by atoms with Crippen molar-refractivity contribution >= 4 is 33.8 Å². The first-order valence-electron chi connectivity index (χ1n) is 8.37. The zero-order chi connectivity index (χ0) is 20.9. The van der Waals surface area contributed by atoms with E-state index in [1.165, 1.54) is 12.1 Å². The van der Waals surface area contributed by atoms with Gasteiger partial charge in [-0.25, -0.2) is 13.1 Å². The number of fused-ring (bicyclic) bond motifs is 1. The van der Waals surface area contributed by atoms with Crippen molar-refractivity contribution in [3.8, 4) is 0 Å². The van der Waals surface area contributed by atoms with Gasteiger partial charge >= 0.3 is 11.9 Å². The molecule has 1 heterocycles. The van der Waals surface area contributed by atoms with Crippen LogP contribution in [0.2, 0.25) is 0 Å². The van der Waals surface area contributed by atoms with Gasteiger partial charge in [0.15, 0.2) is 0 Å². The number of sulfonamides is 1. The molecule has 1 aliphatic heterocycles. The van der Waals surface area contributed by atoms with Gasteiger partial charge in [0.2, 0.25) is 10.0 Å². The minimum atomic E-state index is -4.26. The van der Waals surface area contributed by atoms with Crippen LogP contribution in [0.5, 0.6) is 0 Å². The lowest BCUT2D eigenvalue weighted by Gasteiger charge is -2.22. The Balaban J connectivity index is 2.22. The highest BCUT2D eigenvalue weighted by atomic mass is 32.2. The van der Waals surface area contributed by atoms with Gasteiger partial charge in [0.1, 0.15) is 11.8 Å². The molecule has 11 heteroatoms. The topological polar surface area (TPSA) is 136 Å². The van der Waals surface area contributed by atoms with Crippen LogP contribution in [0.15, 0.2) is 24.3 Å². The van der Waals surface area contributed by atoms with Crippen LogP contribution in [-0.2, 0) is 29.1 Å². The molecule has 0 fully saturated rings. The number of benzene rings is 1. The summed E-state index contributed by atoms with van der Waals surface area (Å²) in [6.45, 7) is 0.422. The second-order valence-corrected chi connectivity index (χ2v) is 7.89. The summed E-state index contributed by atoms with van der Waals surface area (Å²) in [6, 6.07) is 6.07. The van der Waals surface area contributed by atoms with Crippen molar-refractivity contribution in [2.75, 3.05) is 26.8 Å². The lowest BCUT2D eigenvalue weighted by atomic mass is 10.1. The fourth-order valence-electron chi connectivity index (χ4n) is 2.64. The molecule has 2 rings (SSSR count). The minimum absolute atomic E-state index is 0.0706. The Morgan fingerprint density at radius 3 is 2.18 bits per heavy atom. The summed E-state index contributed by atoms with van der Waals surface area (Å²) < 4.78 is 36.4. The summed E-state index contributed by atoms with van der Waals surface area (Å²) >= 11 is 0. The second-order valence-electron chi connectivity index (χ2n) is 5.84. The molecule has 0 radical (unpaired) electrons. The van der Waals surface area contributed by atoms with E-state index >= 15 is 0 Å². The largest absolute Gasteiger partial charge is 0.469 e. The van der Waals surface area contributed by atoms with E-state index in [4.69, 9.17) is 0 Å². The van der Waals surface area contributed by atoms with Crippen LogP contribution in [0.1, 0.15) is 34.1 Å². The van der Waals surface area contributed by atoms with Gasteiger partial charge in [0.25, 0.3) is 11.8 Å². The van der Waals surface area contributed by atoms with E-state index in [1.54, 1.807) is 19.1 Å². The summed E-state index contributed by atoms with van der Waals surface area (Å²) in [5.41, 5.74) is 0.308. The average Bonchev–Trinajstić information content (AvgIpc) is 2.91. The van der Waals surface area contributed by atoms with Crippen LogP contribution in [0.4, 0.5) is 0 Å². The quantitative estimate of drug-likeness (QED) is 0.431. The third-order valence-corrected chi connectivity index (χ3v) is 5.79. The van der Waals surface area contributed by atoms with Crippen LogP contribution in [0.3, 0.4) is 0 Å². The Bertz CT molecular complexity index is 861. The van der Waals surface area contributed by atoms with E-state index in [2.05, 4.69) is 9.47 Å². The maximum Gasteiger partial charge on any atom is 0.320 e. The zero-order valence-corrected chi connectivity index (χ0v) is 16.2. The maximum atomic E-state index is 12.6. The first-order chi connectivity index (χ1) is 13.2. The third kappa shape index (κ3) is 4.73. The standard InChI is InChI=1S/C17H20N2O8S/c1-3-27-15(21)9-18-28(24,25)11(8-14(20)26-2)10-19-16(22)12-6-4-5-7-13(12)17(19)23/h4-7,11,18H,3,8-10H2,1-2H3. The molecule has 10 nitrogen and oxygen atoms in total. The number of carbonyl (C=O) groups excluding carboxylic acids is 4. The molecule has 0 aromatic heterocycles. The Morgan fingerprint density at radius 1 is 1.11 bits per heavy atom. The van der Waals surface area contributed by atoms with Crippen molar-refractivity contribution in [2.45, 2.75) is 18.6 Å². The highest BCUT2D eigenvalue weighted by molar-refractivity contribution is 7.90. The van der Waals surface area contributed by atoms with Crippen LogP contribution in [0.25, 0.3) is 0 Å². The van der Waals surface area contributed by atoms with Crippen molar-refractivity contribution < 1.29 is 37.1 Å². The fourth-order valence-corrected chi connectivity index (χ4v) is 3.90. The normalized spacial score (nSPS) is 14.6. The van der Waals surface area contributed by atoms with Gasteiger partial charge in [0.05, 0.1) is 31.3 Å². The maximum absolute atomic E-state index is 12.6. The molecular weight excluding hydrogens is 392 g/mol. The van der Waals surface area contributed by atoms with E-state index in [1.807, 2.05) is 4.72 Å². The van der Waals surface area contributed by atoms with E-state index < -0.39 is 58.5 Å². The van der Waals surface area contributed by atoms with Gasteiger partial charge in [-0.15, -0.1) is 0 Å². The van der Waals surface area contributed by atoms with Crippen molar-refractivity contribution in [3.05, 3.63) is 35.4 Å². The first kappa shape index (κ1) is 21.5. The summed E-state index contributed by atoms with van der Waals surface area (Å²) in [6.07, 6.45) is -0.609. The Morgan fingerprint density at radius 2 is 1.68 bits per heavy atom. The number of hydrogen-bond acceptors (Lipinski definition) is 8. The smallest absolute Gasteiger partial charge is 0.320 e. The van der Waals surface area contributed by atoms with Crippen LogP contribution >= 0.6 is 0 Å². The molecule has 152 valence electrons. The van der Waals surface area contributed by atoms with Gasteiger partial charge in [-0.1, -0.05) is 12.1 Å². The number of rotatable bonds is 9. The van der Waals surface area contributed by atoms with Crippen LogP contribution < -0.4 is 4.72 Å². The van der Waals surface area contributed by atoms with Crippen LogP contribution in [0, 0.1) is 0 Å². The first-order valence-corrected chi connectivity index (χ1v) is 9.92. The van der Waals surface area contributed by atoms with Gasteiger partial charge < -0.3 is 9.47 Å². The summed E-state index contributed by atoms with van der Waals surface area (Å²) in [5.74, 6) is -2.96. The lowest BCUT2D eigenvalue weighted by molar-refractivity contribution is -0.142. The predicted octanol–water partition coefficient (Wildman–Crippen LogP) is -0.303. The highest BCUT2D eigenvalue weighted by Gasteiger charge is 2.40. The molecule has 0 saturated carbocycles. The van der Waals surface area contributed by atoms with Crippen molar-refractivity contribution in [3.63, 3.8) is 0 Å². The van der Waals surface area contributed by atoms with E-state index in [9.17, 15) is 27.6 Å². The van der Waals surface area contributed by atoms with Gasteiger partial charge in [-0.05, 0) is 19.1 Å². The Labute approximate surface area is 161 Å². The molecule has 1 unspecified atom stereocenters. The minimum Gasteiger partial charge on any atom is -0.469 e. The molecule has 0 spiro atoms. The molecule has 1 N–H and O–H groups in total. The highest BCUT2D eigenvalue weighted by Crippen LogP contribution is 2.24. The molecule has 0 bridgehead atoms. The molecule has 0 aliphatic carbocycles. The molecule has 1 aromatic rings. The molecule has 28 heavy (non-hydrogen) atoms. The number of imide groups is 1. The predicted molar refractivity (Wildman–Crippen MR) is 95.8 cm³/mol. The van der Waals surface area contributed by atoms with E-state index in [-0.39, 0.29) is 17.7 Å². The zero-order valence-electron chi connectivity index (χ0n) is 15.3. The van der Waals surface area contributed by atoms with E-state index in [0.29, 0.717) is 0 Å². The van der Waals surface area contributed by atoms with E-state index in [0.717, 1.165) is 12.0 Å². The average molecular weight is 412 g/mol. The number of ether oxygens (including phenoxy) is 2. The number of methoxy groups -OCH3 is 1. The SMILES string of the molecule is CCOC(=O)CNS(=O)(=O)C(CC(=O)OC)CN1C(=O)c2ccccc2C1=O. The van der Waals surface area contributed by atoms with Crippen molar-refractivity contribution in [1.29, 1.82) is 0 Å². The van der Waals surface area contributed by atoms with Gasteiger partial charge in [0, 0.05) is 6.54 Å². The summed E-state index contributed by atoms with van der Waals surface area (Å²) in [7, 11) is -3.18. The number of carbonyl (C=O) groups is 4. The monoisotopic (exact) mass is 412 g/mol. The third-order valence-electron chi connectivity index (χ3n) is 4.05. The van der Waals surface area contributed by atoms with Crippen LogP contribution in [-0.4, -0.2) is 69.1 Å². The molecule has 1 aliphatic rings. The molecule has 1 aromatic carbocycles. The molecule has 1 atom stereocenters. The van der Waals surface area contributed by atoms with Gasteiger partial charge in [-0.3, -0.25) is 24.1 Å². The molecular formula is C17H20N2O8S. The number of nitrogens with one attached hydrogen (secondary N) is 1. The number of amides is 2. The number of hydrogen-bond donors (Lipinski definition) is 1. The van der Waals surface area contributed by atoms with Gasteiger partial charge in [-0.2, -0.15) is 0 Å². The molecule has 2 amide bonds. The van der Waals surface area contributed by atoms with Crippen molar-refractivity contribution in [1.82, 2.24) is 9.62 Å². The molecule has 0 saturated heterocycles.